The summed E-state index contributed by atoms with van der Waals surface area (Å²) in [5.74, 6) is 1.90. The molecule has 96 valence electrons. The highest BCUT2D eigenvalue weighted by Crippen LogP contribution is 2.21. The molecule has 0 radical (unpaired) electrons. The maximum Gasteiger partial charge on any atom is 0.120 e. The molecule has 1 aromatic heterocycles. The van der Waals surface area contributed by atoms with Crippen LogP contribution in [0.25, 0.3) is 5.69 Å². The van der Waals surface area contributed by atoms with Crippen LogP contribution in [-0.4, -0.2) is 20.7 Å². The first-order chi connectivity index (χ1) is 8.77. The van der Waals surface area contributed by atoms with E-state index >= 15 is 0 Å². The third kappa shape index (κ3) is 3.60. The van der Waals surface area contributed by atoms with E-state index in [0.717, 1.165) is 22.4 Å². The lowest BCUT2D eigenvalue weighted by Gasteiger charge is -2.06. The second-order valence-electron chi connectivity index (χ2n) is 4.70. The van der Waals surface area contributed by atoms with E-state index < -0.39 is 0 Å². The van der Waals surface area contributed by atoms with E-state index in [1.54, 1.807) is 0 Å². The quantitative estimate of drug-likeness (QED) is 0.585. The van der Waals surface area contributed by atoms with Gasteiger partial charge in [0.05, 0.1) is 11.9 Å². The smallest absolute Gasteiger partial charge is 0.120 e. The van der Waals surface area contributed by atoms with Gasteiger partial charge in [0.2, 0.25) is 0 Å². The van der Waals surface area contributed by atoms with Gasteiger partial charge in [-0.2, -0.15) is 0 Å². The lowest BCUT2D eigenvalue weighted by Crippen LogP contribution is -1.98. The third-order valence-corrected chi connectivity index (χ3v) is 3.76. The summed E-state index contributed by atoms with van der Waals surface area (Å²) >= 11 is 1.83. The van der Waals surface area contributed by atoms with Crippen molar-refractivity contribution in [3.05, 3.63) is 36.5 Å². The fraction of sp³-hybridized carbons (Fsp3) is 0.429. The molecule has 0 aliphatic rings. The predicted octanol–water partition coefficient (Wildman–Crippen LogP) is 3.80. The highest BCUT2D eigenvalue weighted by molar-refractivity contribution is 7.99. The van der Waals surface area contributed by atoms with Gasteiger partial charge in [-0.05, 0) is 30.2 Å². The van der Waals surface area contributed by atoms with Crippen molar-refractivity contribution in [3.8, 4) is 5.69 Å². The Balaban J connectivity index is 1.96. The Kier molecular flexibility index (Phi) is 4.81. The summed E-state index contributed by atoms with van der Waals surface area (Å²) in [6.45, 7) is 4.53. The molecule has 0 spiro atoms. The van der Waals surface area contributed by atoms with Crippen molar-refractivity contribution in [2.24, 2.45) is 5.92 Å². The summed E-state index contributed by atoms with van der Waals surface area (Å²) in [7, 11) is 0. The molecule has 0 fully saturated rings. The molecule has 0 saturated heterocycles. The summed E-state index contributed by atoms with van der Waals surface area (Å²) in [6, 6.07) is 10.1. The number of aromatic nitrogens is 3. The zero-order valence-electron chi connectivity index (χ0n) is 10.9. The number of rotatable bonds is 6. The number of thioether (sulfide) groups is 1. The minimum atomic E-state index is 0.780. The maximum absolute atomic E-state index is 4.15. The van der Waals surface area contributed by atoms with E-state index in [9.17, 15) is 0 Å². The minimum absolute atomic E-state index is 0.780. The Morgan fingerprint density at radius 2 is 2.00 bits per heavy atom. The van der Waals surface area contributed by atoms with Crippen molar-refractivity contribution in [2.45, 2.75) is 31.7 Å². The SMILES string of the molecule is CC(C)CCCSc1cnnn1-c1ccccc1. The van der Waals surface area contributed by atoms with E-state index in [2.05, 4.69) is 24.2 Å². The van der Waals surface area contributed by atoms with Crippen molar-refractivity contribution in [1.29, 1.82) is 0 Å². The van der Waals surface area contributed by atoms with E-state index in [1.807, 2.05) is 53.0 Å². The summed E-state index contributed by atoms with van der Waals surface area (Å²) in [5.41, 5.74) is 1.07. The van der Waals surface area contributed by atoms with Gasteiger partial charge in [-0.25, -0.2) is 4.68 Å². The molecule has 0 aliphatic heterocycles. The topological polar surface area (TPSA) is 30.7 Å². The summed E-state index contributed by atoms with van der Waals surface area (Å²) in [4.78, 5) is 0. The number of benzene rings is 1. The van der Waals surface area contributed by atoms with E-state index in [-0.39, 0.29) is 0 Å². The van der Waals surface area contributed by atoms with Crippen molar-refractivity contribution >= 4 is 11.8 Å². The van der Waals surface area contributed by atoms with Crippen molar-refractivity contribution in [3.63, 3.8) is 0 Å². The van der Waals surface area contributed by atoms with Gasteiger partial charge < -0.3 is 0 Å². The molecule has 0 bridgehead atoms. The van der Waals surface area contributed by atoms with Crippen LogP contribution < -0.4 is 0 Å². The fourth-order valence-corrected chi connectivity index (χ4v) is 2.65. The van der Waals surface area contributed by atoms with Crippen LogP contribution in [0.1, 0.15) is 26.7 Å². The Labute approximate surface area is 113 Å². The minimum Gasteiger partial charge on any atom is -0.207 e. The molecule has 0 amide bonds. The van der Waals surface area contributed by atoms with Crippen LogP contribution in [0.4, 0.5) is 0 Å². The Morgan fingerprint density at radius 1 is 1.22 bits per heavy atom. The van der Waals surface area contributed by atoms with E-state index in [0.29, 0.717) is 0 Å². The Hall–Kier alpha value is -1.29. The zero-order valence-corrected chi connectivity index (χ0v) is 11.7. The summed E-state index contributed by atoms with van der Waals surface area (Å²) in [6.07, 6.45) is 4.36. The lowest BCUT2D eigenvalue weighted by atomic mass is 10.1. The molecule has 1 aromatic carbocycles. The molecule has 4 heteroatoms. The monoisotopic (exact) mass is 261 g/mol. The number of hydrogen-bond donors (Lipinski definition) is 0. The largest absolute Gasteiger partial charge is 0.207 e. The van der Waals surface area contributed by atoms with Crippen LogP contribution in [0.3, 0.4) is 0 Å². The van der Waals surface area contributed by atoms with Crippen LogP contribution in [0.5, 0.6) is 0 Å². The summed E-state index contributed by atoms with van der Waals surface area (Å²) in [5, 5.41) is 9.27. The molecular formula is C14H19N3S. The van der Waals surface area contributed by atoms with Crippen LogP contribution in [0, 0.1) is 5.92 Å². The van der Waals surface area contributed by atoms with Crippen LogP contribution in [0.2, 0.25) is 0 Å². The van der Waals surface area contributed by atoms with Gasteiger partial charge in [0.25, 0.3) is 0 Å². The molecule has 0 aliphatic carbocycles. The van der Waals surface area contributed by atoms with Gasteiger partial charge in [0.15, 0.2) is 0 Å². The molecule has 3 nitrogen and oxygen atoms in total. The molecule has 18 heavy (non-hydrogen) atoms. The zero-order chi connectivity index (χ0) is 12.8. The maximum atomic E-state index is 4.15. The molecule has 2 aromatic rings. The second-order valence-corrected chi connectivity index (χ2v) is 5.82. The third-order valence-electron chi connectivity index (χ3n) is 2.69. The Morgan fingerprint density at radius 3 is 2.72 bits per heavy atom. The first kappa shape index (κ1) is 13.1. The van der Waals surface area contributed by atoms with E-state index in [4.69, 9.17) is 0 Å². The highest BCUT2D eigenvalue weighted by atomic mass is 32.2. The van der Waals surface area contributed by atoms with Crippen LogP contribution in [0.15, 0.2) is 41.6 Å². The molecule has 0 atom stereocenters. The standard InChI is InChI=1S/C14H19N3S/c1-12(2)7-6-10-18-14-11-15-16-17(14)13-8-4-3-5-9-13/h3-5,8-9,11-12H,6-7,10H2,1-2H3. The Bertz CT molecular complexity index is 465. The molecule has 2 rings (SSSR count). The lowest BCUT2D eigenvalue weighted by molar-refractivity contribution is 0.579. The fourth-order valence-electron chi connectivity index (χ4n) is 1.74. The van der Waals surface area contributed by atoms with Gasteiger partial charge in [-0.3, -0.25) is 0 Å². The summed E-state index contributed by atoms with van der Waals surface area (Å²) < 4.78 is 1.90. The van der Waals surface area contributed by atoms with Gasteiger partial charge >= 0.3 is 0 Å². The average molecular weight is 261 g/mol. The normalized spacial score (nSPS) is 11.1. The average Bonchev–Trinajstić information content (AvgIpc) is 2.84. The van der Waals surface area contributed by atoms with Crippen LogP contribution >= 0.6 is 11.8 Å². The number of hydrogen-bond acceptors (Lipinski definition) is 3. The molecule has 1 heterocycles. The van der Waals surface area contributed by atoms with Gasteiger partial charge in [0.1, 0.15) is 5.03 Å². The van der Waals surface area contributed by atoms with Crippen molar-refractivity contribution in [1.82, 2.24) is 15.0 Å². The van der Waals surface area contributed by atoms with Gasteiger partial charge in [-0.1, -0.05) is 43.7 Å². The first-order valence-corrected chi connectivity index (χ1v) is 7.35. The first-order valence-electron chi connectivity index (χ1n) is 6.36. The number of nitrogens with zero attached hydrogens (tertiary/aromatic N) is 3. The van der Waals surface area contributed by atoms with Crippen molar-refractivity contribution < 1.29 is 0 Å². The van der Waals surface area contributed by atoms with E-state index in [1.165, 1.54) is 12.8 Å². The molecular weight excluding hydrogens is 242 g/mol. The highest BCUT2D eigenvalue weighted by Gasteiger charge is 2.06. The van der Waals surface area contributed by atoms with Crippen molar-refractivity contribution in [2.75, 3.05) is 5.75 Å². The van der Waals surface area contributed by atoms with Crippen LogP contribution in [-0.2, 0) is 0 Å². The van der Waals surface area contributed by atoms with Gasteiger partial charge in [0, 0.05) is 0 Å². The number of para-hydroxylation sites is 1. The predicted molar refractivity (Wildman–Crippen MR) is 76.2 cm³/mol. The molecule has 0 unspecified atom stereocenters. The van der Waals surface area contributed by atoms with Gasteiger partial charge in [-0.15, -0.1) is 16.9 Å². The molecule has 0 N–H and O–H groups in total. The molecule has 0 saturated carbocycles. The second kappa shape index (κ2) is 6.59.